The number of hydrogen-bond donors (Lipinski definition) is 4. The quantitative estimate of drug-likeness (QED) is 0.281. The number of guanidine groups is 1. The van der Waals surface area contributed by atoms with Gasteiger partial charge in [-0.3, -0.25) is 5.10 Å². The lowest BCUT2D eigenvalue weighted by Gasteiger charge is -2.12. The molecule has 0 atom stereocenters. The monoisotopic (exact) mass is 401 g/mol. The molecule has 0 saturated heterocycles. The second-order valence-corrected chi connectivity index (χ2v) is 7.18. The number of benzene rings is 2. The maximum absolute atomic E-state index is 4.75. The highest BCUT2D eigenvalue weighted by Gasteiger charge is 2.08. The normalized spacial score (nSPS) is 11.7. The minimum Gasteiger partial charge on any atom is -0.358 e. The Labute approximate surface area is 176 Å². The molecule has 0 aliphatic carbocycles. The van der Waals surface area contributed by atoms with Crippen LogP contribution in [0.4, 0.5) is 0 Å². The van der Waals surface area contributed by atoms with Gasteiger partial charge in [-0.15, -0.1) is 0 Å². The van der Waals surface area contributed by atoms with Gasteiger partial charge in [-0.1, -0.05) is 36.4 Å². The first kappa shape index (κ1) is 19.7. The van der Waals surface area contributed by atoms with E-state index in [1.54, 1.807) is 0 Å². The molecule has 0 bridgehead atoms. The van der Waals surface area contributed by atoms with Crippen LogP contribution in [0.5, 0.6) is 0 Å². The minimum absolute atomic E-state index is 0.587. The fourth-order valence-electron chi connectivity index (χ4n) is 3.64. The Morgan fingerprint density at radius 2 is 2.00 bits per heavy atom. The van der Waals surface area contributed by atoms with E-state index in [-0.39, 0.29) is 0 Å². The van der Waals surface area contributed by atoms with Crippen molar-refractivity contribution in [1.29, 1.82) is 0 Å². The molecule has 0 aliphatic heterocycles. The number of aromatic amines is 2. The molecule has 4 aromatic rings. The highest BCUT2D eigenvalue weighted by atomic mass is 15.2. The second-order valence-electron chi connectivity index (χ2n) is 7.18. The third kappa shape index (κ3) is 4.51. The number of fused-ring (bicyclic) bond motifs is 1. The summed E-state index contributed by atoms with van der Waals surface area (Å²) in [5.41, 5.74) is 5.90. The molecule has 0 radical (unpaired) electrons. The van der Waals surface area contributed by atoms with E-state index in [9.17, 15) is 0 Å². The second kappa shape index (κ2) is 9.26. The predicted octanol–water partition coefficient (Wildman–Crippen LogP) is 3.56. The van der Waals surface area contributed by atoms with Gasteiger partial charge >= 0.3 is 0 Å². The molecule has 4 rings (SSSR count). The van der Waals surface area contributed by atoms with Crippen molar-refractivity contribution in [3.05, 3.63) is 71.7 Å². The van der Waals surface area contributed by atoms with Crippen LogP contribution in [-0.2, 0) is 13.0 Å². The molecule has 0 fully saturated rings. The van der Waals surface area contributed by atoms with Gasteiger partial charge < -0.3 is 15.6 Å². The van der Waals surface area contributed by atoms with Gasteiger partial charge in [0.05, 0.1) is 6.54 Å². The molecule has 7 heteroatoms. The molecule has 0 aliphatic rings. The SMILES string of the molecule is CCNC(=NCc1cccc(-c2ncn[nH]2)c1)NCCc1c(C)[nH]c2ccccc12. The summed E-state index contributed by atoms with van der Waals surface area (Å²) < 4.78 is 0. The summed E-state index contributed by atoms with van der Waals surface area (Å²) in [6, 6.07) is 16.6. The van der Waals surface area contributed by atoms with Crippen molar-refractivity contribution in [3.63, 3.8) is 0 Å². The molecule has 2 aromatic heterocycles. The molecule has 0 spiro atoms. The number of aryl methyl sites for hydroxylation is 1. The standard InChI is InChI=1S/C23H27N7/c1-3-24-23(25-12-11-19-16(2)29-21-10-5-4-9-20(19)21)26-14-17-7-6-8-18(13-17)22-27-15-28-30-22/h4-10,13,15,29H,3,11-12,14H2,1-2H3,(H2,24,25,26)(H,27,28,30). The highest BCUT2D eigenvalue weighted by Crippen LogP contribution is 2.22. The summed E-state index contributed by atoms with van der Waals surface area (Å²) in [6.45, 7) is 6.42. The summed E-state index contributed by atoms with van der Waals surface area (Å²) in [5, 5.41) is 14.9. The molecule has 2 heterocycles. The summed E-state index contributed by atoms with van der Waals surface area (Å²) in [4.78, 5) is 12.4. The van der Waals surface area contributed by atoms with Gasteiger partial charge in [0.1, 0.15) is 6.33 Å². The Balaban J connectivity index is 1.41. The summed E-state index contributed by atoms with van der Waals surface area (Å²) in [7, 11) is 0. The summed E-state index contributed by atoms with van der Waals surface area (Å²) in [6.07, 6.45) is 2.45. The van der Waals surface area contributed by atoms with Crippen LogP contribution in [0.2, 0.25) is 0 Å². The van der Waals surface area contributed by atoms with Crippen molar-refractivity contribution >= 4 is 16.9 Å². The lowest BCUT2D eigenvalue weighted by Crippen LogP contribution is -2.38. The summed E-state index contributed by atoms with van der Waals surface area (Å²) >= 11 is 0. The Morgan fingerprint density at radius 1 is 1.10 bits per heavy atom. The number of hydrogen-bond acceptors (Lipinski definition) is 3. The van der Waals surface area contributed by atoms with Crippen LogP contribution in [0, 0.1) is 6.92 Å². The lowest BCUT2D eigenvalue weighted by atomic mass is 10.1. The zero-order valence-electron chi connectivity index (χ0n) is 17.4. The van der Waals surface area contributed by atoms with E-state index in [0.29, 0.717) is 6.54 Å². The molecule has 154 valence electrons. The molecular formula is C23H27N7. The maximum atomic E-state index is 4.75. The molecule has 7 nitrogen and oxygen atoms in total. The Morgan fingerprint density at radius 3 is 2.83 bits per heavy atom. The first-order chi connectivity index (χ1) is 14.7. The highest BCUT2D eigenvalue weighted by molar-refractivity contribution is 5.84. The zero-order chi connectivity index (χ0) is 20.8. The van der Waals surface area contributed by atoms with Crippen molar-refractivity contribution in [1.82, 2.24) is 30.8 Å². The van der Waals surface area contributed by atoms with Gasteiger partial charge in [0, 0.05) is 35.2 Å². The average molecular weight is 402 g/mol. The third-order valence-corrected chi connectivity index (χ3v) is 5.07. The third-order valence-electron chi connectivity index (χ3n) is 5.07. The molecular weight excluding hydrogens is 374 g/mol. The van der Waals surface area contributed by atoms with Gasteiger partial charge in [0.15, 0.2) is 11.8 Å². The number of nitrogens with one attached hydrogen (secondary N) is 4. The van der Waals surface area contributed by atoms with Crippen molar-refractivity contribution in [2.75, 3.05) is 13.1 Å². The Bertz CT molecular complexity index is 1130. The van der Waals surface area contributed by atoms with Crippen LogP contribution in [-0.4, -0.2) is 39.2 Å². The molecule has 2 aromatic carbocycles. The fourth-order valence-corrected chi connectivity index (χ4v) is 3.64. The smallest absolute Gasteiger partial charge is 0.191 e. The van der Waals surface area contributed by atoms with E-state index in [1.165, 1.54) is 28.5 Å². The largest absolute Gasteiger partial charge is 0.358 e. The number of aromatic nitrogens is 4. The van der Waals surface area contributed by atoms with Gasteiger partial charge in [-0.2, -0.15) is 5.10 Å². The van der Waals surface area contributed by atoms with Crippen molar-refractivity contribution in [2.45, 2.75) is 26.8 Å². The van der Waals surface area contributed by atoms with Gasteiger partial charge in [0.25, 0.3) is 0 Å². The Hall–Kier alpha value is -3.61. The fraction of sp³-hybridized carbons (Fsp3) is 0.261. The van der Waals surface area contributed by atoms with E-state index < -0.39 is 0 Å². The first-order valence-corrected chi connectivity index (χ1v) is 10.3. The van der Waals surface area contributed by atoms with Crippen LogP contribution in [0.25, 0.3) is 22.3 Å². The predicted molar refractivity (Wildman–Crippen MR) is 121 cm³/mol. The van der Waals surface area contributed by atoms with E-state index >= 15 is 0 Å². The van der Waals surface area contributed by atoms with E-state index in [0.717, 1.165) is 42.4 Å². The minimum atomic E-state index is 0.587. The zero-order valence-corrected chi connectivity index (χ0v) is 17.4. The molecule has 0 amide bonds. The van der Waals surface area contributed by atoms with Gasteiger partial charge in [-0.05, 0) is 43.5 Å². The van der Waals surface area contributed by atoms with Crippen LogP contribution < -0.4 is 10.6 Å². The van der Waals surface area contributed by atoms with Crippen molar-refractivity contribution in [2.24, 2.45) is 4.99 Å². The van der Waals surface area contributed by atoms with Crippen LogP contribution in [0.3, 0.4) is 0 Å². The topological polar surface area (TPSA) is 93.8 Å². The Kier molecular flexibility index (Phi) is 6.08. The van der Waals surface area contributed by atoms with Gasteiger partial charge in [0.2, 0.25) is 0 Å². The van der Waals surface area contributed by atoms with Crippen molar-refractivity contribution < 1.29 is 0 Å². The van der Waals surface area contributed by atoms with E-state index in [2.05, 4.69) is 81.0 Å². The average Bonchev–Trinajstić information content (AvgIpc) is 3.41. The van der Waals surface area contributed by atoms with Crippen molar-refractivity contribution in [3.8, 4) is 11.4 Å². The number of rotatable bonds is 7. The first-order valence-electron chi connectivity index (χ1n) is 10.3. The number of aliphatic imine (C=N–C) groups is 1. The van der Waals surface area contributed by atoms with E-state index in [1.807, 2.05) is 12.1 Å². The van der Waals surface area contributed by atoms with Gasteiger partial charge in [-0.25, -0.2) is 9.98 Å². The number of H-pyrrole nitrogens is 2. The molecule has 30 heavy (non-hydrogen) atoms. The number of para-hydroxylation sites is 1. The van der Waals surface area contributed by atoms with Crippen LogP contribution >= 0.6 is 0 Å². The number of nitrogens with zero attached hydrogens (tertiary/aromatic N) is 3. The molecule has 0 saturated carbocycles. The lowest BCUT2D eigenvalue weighted by molar-refractivity contribution is 0.799. The molecule has 0 unspecified atom stereocenters. The van der Waals surface area contributed by atoms with E-state index in [4.69, 9.17) is 4.99 Å². The summed E-state index contributed by atoms with van der Waals surface area (Å²) in [5.74, 6) is 1.58. The van der Waals surface area contributed by atoms with Crippen LogP contribution in [0.1, 0.15) is 23.7 Å². The molecule has 4 N–H and O–H groups in total. The maximum Gasteiger partial charge on any atom is 0.191 e. The van der Waals surface area contributed by atoms with Crippen LogP contribution in [0.15, 0.2) is 59.9 Å².